The van der Waals surface area contributed by atoms with Gasteiger partial charge in [0.2, 0.25) is 5.91 Å². The van der Waals surface area contributed by atoms with Crippen LogP contribution in [-0.2, 0) is 14.6 Å². The number of anilines is 1. The van der Waals surface area contributed by atoms with Crippen molar-refractivity contribution in [1.82, 2.24) is 5.32 Å². The SMILES string of the molecule is CS(=O)(=O)c1cccc(NC(=O)[C@@]23CCCC[C@H]2CNC3)c1.Cl. The molecule has 1 saturated carbocycles. The first kappa shape index (κ1) is 18.2. The van der Waals surface area contributed by atoms with E-state index in [9.17, 15) is 13.2 Å². The molecule has 1 amide bonds. The number of rotatable bonds is 3. The van der Waals surface area contributed by atoms with Crippen molar-refractivity contribution in [2.24, 2.45) is 11.3 Å². The van der Waals surface area contributed by atoms with E-state index in [1.807, 2.05) is 0 Å². The molecule has 7 heteroatoms. The topological polar surface area (TPSA) is 75.3 Å². The molecule has 3 rings (SSSR count). The van der Waals surface area contributed by atoms with Crippen LogP contribution in [0.3, 0.4) is 0 Å². The fraction of sp³-hybridized carbons (Fsp3) is 0.562. The predicted molar refractivity (Wildman–Crippen MR) is 92.7 cm³/mol. The third kappa shape index (κ3) is 3.54. The average Bonchev–Trinajstić information content (AvgIpc) is 2.92. The van der Waals surface area contributed by atoms with Gasteiger partial charge >= 0.3 is 0 Å². The van der Waals surface area contributed by atoms with Crippen molar-refractivity contribution in [3.8, 4) is 0 Å². The van der Waals surface area contributed by atoms with Gasteiger partial charge < -0.3 is 10.6 Å². The zero-order valence-corrected chi connectivity index (χ0v) is 14.8. The lowest BCUT2D eigenvalue weighted by molar-refractivity contribution is -0.128. The van der Waals surface area contributed by atoms with Crippen LogP contribution in [0.5, 0.6) is 0 Å². The Morgan fingerprint density at radius 3 is 2.87 bits per heavy atom. The number of hydrogen-bond acceptors (Lipinski definition) is 4. The highest BCUT2D eigenvalue weighted by Gasteiger charge is 2.49. The lowest BCUT2D eigenvalue weighted by atomic mass is 9.67. The Kier molecular flexibility index (Phi) is 5.38. The van der Waals surface area contributed by atoms with Crippen molar-refractivity contribution in [3.05, 3.63) is 24.3 Å². The van der Waals surface area contributed by atoms with Crippen LogP contribution in [0.15, 0.2) is 29.2 Å². The Labute approximate surface area is 143 Å². The molecule has 1 saturated heterocycles. The van der Waals surface area contributed by atoms with Gasteiger partial charge in [0.25, 0.3) is 0 Å². The van der Waals surface area contributed by atoms with Crippen molar-refractivity contribution in [2.75, 3.05) is 24.7 Å². The maximum atomic E-state index is 12.8. The fourth-order valence-corrected chi connectivity index (χ4v) is 4.42. The second kappa shape index (κ2) is 6.79. The van der Waals surface area contributed by atoms with Gasteiger partial charge in [-0.15, -0.1) is 12.4 Å². The Morgan fingerprint density at radius 2 is 2.13 bits per heavy atom. The Bertz CT molecular complexity index is 692. The third-order valence-electron chi connectivity index (χ3n) is 5.01. The summed E-state index contributed by atoms with van der Waals surface area (Å²) in [4.78, 5) is 13.1. The van der Waals surface area contributed by atoms with Gasteiger partial charge in [-0.25, -0.2) is 8.42 Å². The van der Waals surface area contributed by atoms with E-state index in [2.05, 4.69) is 10.6 Å². The van der Waals surface area contributed by atoms with Crippen molar-refractivity contribution in [2.45, 2.75) is 30.6 Å². The summed E-state index contributed by atoms with van der Waals surface area (Å²) in [6.07, 6.45) is 5.43. The molecule has 2 N–H and O–H groups in total. The molecule has 5 nitrogen and oxygen atoms in total. The van der Waals surface area contributed by atoms with E-state index in [0.717, 1.165) is 32.4 Å². The minimum atomic E-state index is -3.27. The van der Waals surface area contributed by atoms with Crippen LogP contribution < -0.4 is 10.6 Å². The lowest BCUT2D eigenvalue weighted by Gasteiger charge is -2.37. The van der Waals surface area contributed by atoms with Gasteiger partial charge in [-0.3, -0.25) is 4.79 Å². The van der Waals surface area contributed by atoms with Crippen LogP contribution in [0.1, 0.15) is 25.7 Å². The van der Waals surface area contributed by atoms with Crippen LogP contribution in [0.4, 0.5) is 5.69 Å². The molecule has 1 aliphatic heterocycles. The minimum absolute atomic E-state index is 0. The smallest absolute Gasteiger partial charge is 0.232 e. The molecule has 0 bridgehead atoms. The van der Waals surface area contributed by atoms with E-state index in [1.165, 1.54) is 18.7 Å². The standard InChI is InChI=1S/C16H22N2O3S.ClH/c1-22(20,21)14-7-4-6-13(9-14)18-15(19)16-8-3-2-5-12(16)10-17-11-16;/h4,6-7,9,12,17H,2-3,5,8,10-11H2,1H3,(H,18,19);1H/t12-,16+;/m0./s1. The molecule has 0 aromatic heterocycles. The van der Waals surface area contributed by atoms with Crippen LogP contribution in [-0.4, -0.2) is 33.7 Å². The summed E-state index contributed by atoms with van der Waals surface area (Å²) in [5.74, 6) is 0.409. The van der Waals surface area contributed by atoms with E-state index < -0.39 is 9.84 Å². The van der Waals surface area contributed by atoms with E-state index >= 15 is 0 Å². The molecule has 1 aromatic carbocycles. The monoisotopic (exact) mass is 358 g/mol. The largest absolute Gasteiger partial charge is 0.326 e. The first-order chi connectivity index (χ1) is 10.4. The molecular formula is C16H23ClN2O3S. The van der Waals surface area contributed by atoms with Gasteiger partial charge in [0.15, 0.2) is 9.84 Å². The molecule has 2 aliphatic rings. The second-order valence-electron chi connectivity index (χ2n) is 6.48. The number of sulfone groups is 1. The third-order valence-corrected chi connectivity index (χ3v) is 6.12. The number of hydrogen-bond donors (Lipinski definition) is 2. The molecule has 1 aromatic rings. The highest BCUT2D eigenvalue weighted by Crippen LogP contribution is 2.44. The zero-order chi connectivity index (χ0) is 15.8. The van der Waals surface area contributed by atoms with Crippen LogP contribution in [0, 0.1) is 11.3 Å². The first-order valence-electron chi connectivity index (χ1n) is 7.74. The molecule has 2 atom stereocenters. The van der Waals surface area contributed by atoms with E-state index in [0.29, 0.717) is 11.6 Å². The van der Waals surface area contributed by atoms with Gasteiger partial charge in [0.1, 0.15) is 0 Å². The summed E-state index contributed by atoms with van der Waals surface area (Å²) < 4.78 is 23.3. The van der Waals surface area contributed by atoms with Crippen molar-refractivity contribution >= 4 is 33.8 Å². The molecule has 23 heavy (non-hydrogen) atoms. The number of carbonyl (C=O) groups excluding carboxylic acids is 1. The summed E-state index contributed by atoms with van der Waals surface area (Å²) in [5, 5.41) is 6.29. The normalized spacial score (nSPS) is 26.9. The van der Waals surface area contributed by atoms with Gasteiger partial charge in [-0.05, 0) is 43.5 Å². The minimum Gasteiger partial charge on any atom is -0.326 e. The Morgan fingerprint density at radius 1 is 1.35 bits per heavy atom. The van der Waals surface area contributed by atoms with Crippen LogP contribution in [0.2, 0.25) is 0 Å². The summed E-state index contributed by atoms with van der Waals surface area (Å²) in [7, 11) is -3.27. The quantitative estimate of drug-likeness (QED) is 0.868. The van der Waals surface area contributed by atoms with Gasteiger partial charge in [0.05, 0.1) is 10.3 Å². The van der Waals surface area contributed by atoms with Gasteiger partial charge in [0, 0.05) is 18.5 Å². The maximum absolute atomic E-state index is 12.8. The number of fused-ring (bicyclic) bond motifs is 1. The number of carbonyl (C=O) groups is 1. The molecule has 128 valence electrons. The van der Waals surface area contributed by atoms with Gasteiger partial charge in [-0.1, -0.05) is 18.9 Å². The molecule has 1 heterocycles. The lowest BCUT2D eigenvalue weighted by Crippen LogP contribution is -2.44. The zero-order valence-electron chi connectivity index (χ0n) is 13.2. The molecule has 2 fully saturated rings. The van der Waals surface area contributed by atoms with Crippen molar-refractivity contribution in [1.29, 1.82) is 0 Å². The highest BCUT2D eigenvalue weighted by molar-refractivity contribution is 7.90. The summed E-state index contributed by atoms with van der Waals surface area (Å²) >= 11 is 0. The number of amides is 1. The Hall–Kier alpha value is -1.11. The summed E-state index contributed by atoms with van der Waals surface area (Å²) in [5.41, 5.74) is 0.220. The molecule has 0 radical (unpaired) electrons. The number of benzene rings is 1. The summed E-state index contributed by atoms with van der Waals surface area (Å²) in [6, 6.07) is 6.48. The Balaban J connectivity index is 0.00000192. The first-order valence-corrected chi connectivity index (χ1v) is 9.63. The highest BCUT2D eigenvalue weighted by atomic mass is 35.5. The van der Waals surface area contributed by atoms with Crippen molar-refractivity contribution in [3.63, 3.8) is 0 Å². The van der Waals surface area contributed by atoms with Gasteiger partial charge in [-0.2, -0.15) is 0 Å². The predicted octanol–water partition coefficient (Wildman–Crippen LogP) is 2.23. The summed E-state index contributed by atoms with van der Waals surface area (Å²) in [6.45, 7) is 1.62. The number of halogens is 1. The van der Waals surface area contributed by atoms with Crippen molar-refractivity contribution < 1.29 is 13.2 Å². The average molecular weight is 359 g/mol. The molecule has 0 spiro atoms. The van der Waals surface area contributed by atoms with E-state index in [4.69, 9.17) is 0 Å². The molecule has 0 unspecified atom stereocenters. The maximum Gasteiger partial charge on any atom is 0.232 e. The molecular weight excluding hydrogens is 336 g/mol. The second-order valence-corrected chi connectivity index (χ2v) is 8.50. The number of nitrogens with one attached hydrogen (secondary N) is 2. The van der Waals surface area contributed by atoms with Crippen LogP contribution in [0.25, 0.3) is 0 Å². The fourth-order valence-electron chi connectivity index (χ4n) is 3.75. The van der Waals surface area contributed by atoms with E-state index in [1.54, 1.807) is 18.2 Å². The van der Waals surface area contributed by atoms with E-state index in [-0.39, 0.29) is 28.6 Å². The molecule has 1 aliphatic carbocycles. The van der Waals surface area contributed by atoms with Crippen LogP contribution >= 0.6 is 12.4 Å².